The van der Waals surface area contributed by atoms with Crippen LogP contribution < -0.4 is 0 Å². The average molecular weight is 682 g/mol. The Bertz CT molecular complexity index is 3260. The van der Waals surface area contributed by atoms with Crippen molar-refractivity contribution in [3.8, 4) is 27.9 Å². The van der Waals surface area contributed by atoms with Crippen molar-refractivity contribution in [3.05, 3.63) is 164 Å². The first-order valence-electron chi connectivity index (χ1n) is 17.6. The molecular weight excluding hydrogens is 655 g/mol. The molecule has 0 bridgehead atoms. The third kappa shape index (κ3) is 3.84. The molecule has 0 fully saturated rings. The van der Waals surface area contributed by atoms with Gasteiger partial charge in [-0.1, -0.05) is 103 Å². The van der Waals surface area contributed by atoms with Crippen LogP contribution in [0.3, 0.4) is 0 Å². The molecule has 0 aliphatic rings. The summed E-state index contributed by atoms with van der Waals surface area (Å²) < 4.78 is 17.6. The third-order valence-electron chi connectivity index (χ3n) is 10.8. The van der Waals surface area contributed by atoms with E-state index in [1.54, 1.807) is 0 Å². The molecule has 12 aromatic rings. The van der Waals surface area contributed by atoms with Crippen LogP contribution in [0.5, 0.6) is 0 Å². The summed E-state index contributed by atoms with van der Waals surface area (Å²) in [5.41, 5.74) is 11.9. The Kier molecular flexibility index (Phi) is 5.65. The van der Waals surface area contributed by atoms with Gasteiger partial charge < -0.3 is 13.4 Å². The monoisotopic (exact) mass is 681 g/mol. The number of aromatic nitrogens is 1. The lowest BCUT2D eigenvalue weighted by Crippen LogP contribution is -1.94. The van der Waals surface area contributed by atoms with Crippen molar-refractivity contribution in [3.63, 3.8) is 0 Å². The fraction of sp³-hybridized carbons (Fsp3) is 0. The second-order valence-corrected chi connectivity index (χ2v) is 14.7. The largest absolute Gasteiger partial charge is 0.456 e. The normalized spacial score (nSPS) is 12.2. The van der Waals surface area contributed by atoms with Crippen LogP contribution in [-0.2, 0) is 0 Å². The van der Waals surface area contributed by atoms with E-state index in [-0.39, 0.29) is 0 Å². The van der Waals surface area contributed by atoms with Gasteiger partial charge in [-0.15, -0.1) is 11.3 Å². The highest BCUT2D eigenvalue weighted by atomic mass is 32.1. The molecule has 12 rings (SSSR count). The van der Waals surface area contributed by atoms with Gasteiger partial charge in [0.25, 0.3) is 0 Å². The molecule has 52 heavy (non-hydrogen) atoms. The summed E-state index contributed by atoms with van der Waals surface area (Å²) in [4.78, 5) is 0. The highest BCUT2D eigenvalue weighted by molar-refractivity contribution is 7.26. The molecule has 0 saturated carbocycles. The van der Waals surface area contributed by atoms with E-state index in [4.69, 9.17) is 8.83 Å². The van der Waals surface area contributed by atoms with Crippen molar-refractivity contribution in [2.45, 2.75) is 0 Å². The van der Waals surface area contributed by atoms with Gasteiger partial charge in [-0.3, -0.25) is 0 Å². The van der Waals surface area contributed by atoms with E-state index < -0.39 is 0 Å². The number of benzene rings is 8. The first-order valence-corrected chi connectivity index (χ1v) is 18.4. The Morgan fingerprint density at radius 2 is 0.885 bits per heavy atom. The van der Waals surface area contributed by atoms with Gasteiger partial charge >= 0.3 is 0 Å². The summed E-state index contributed by atoms with van der Waals surface area (Å²) in [5.74, 6) is 0. The van der Waals surface area contributed by atoms with Gasteiger partial charge in [-0.05, 0) is 82.9 Å². The van der Waals surface area contributed by atoms with Crippen molar-refractivity contribution >= 4 is 97.2 Å². The molecule has 0 aliphatic heterocycles. The van der Waals surface area contributed by atoms with E-state index in [0.717, 1.165) is 55.0 Å². The Morgan fingerprint density at radius 1 is 0.385 bits per heavy atom. The third-order valence-corrected chi connectivity index (χ3v) is 12.0. The summed E-state index contributed by atoms with van der Waals surface area (Å²) in [6.07, 6.45) is 0. The number of rotatable bonds is 3. The number of hydrogen-bond donors (Lipinski definition) is 0. The van der Waals surface area contributed by atoms with Gasteiger partial charge in [-0.2, -0.15) is 0 Å². The smallest absolute Gasteiger partial charge is 0.135 e. The molecule has 3 nitrogen and oxygen atoms in total. The molecule has 4 heteroatoms. The van der Waals surface area contributed by atoms with Crippen LogP contribution in [-0.4, -0.2) is 4.57 Å². The zero-order valence-electron chi connectivity index (χ0n) is 27.8. The molecule has 4 aromatic heterocycles. The summed E-state index contributed by atoms with van der Waals surface area (Å²) >= 11 is 1.87. The SMILES string of the molecule is c1ccc2c(c1)oc1ccc(-c3cccc4c3c3c(-c5ccc6oc7ccccc7c6c5)cccc3n4-c3cccc4c3sc3ccccc34)cc12. The van der Waals surface area contributed by atoms with Crippen molar-refractivity contribution in [2.75, 3.05) is 0 Å². The standard InChI is InChI=1S/C48H27NO2S/c1-4-19-41-32(10-1)36-26-28(22-24-43(36)50-41)30-13-7-16-38-46(30)47-31(29-23-25-44-37(27-29)33-11-2-5-20-42(33)51-44)14-8-17-39(47)49(38)40-18-9-15-35-34-12-3-6-21-45(34)52-48(35)40/h1-27H. The zero-order valence-corrected chi connectivity index (χ0v) is 28.6. The van der Waals surface area contributed by atoms with Crippen molar-refractivity contribution in [1.29, 1.82) is 0 Å². The van der Waals surface area contributed by atoms with Crippen LogP contribution in [0.15, 0.2) is 173 Å². The second kappa shape index (κ2) is 10.5. The lowest BCUT2D eigenvalue weighted by molar-refractivity contribution is 0.668. The highest BCUT2D eigenvalue weighted by Crippen LogP contribution is 2.47. The van der Waals surface area contributed by atoms with Crippen LogP contribution in [0.25, 0.3) is 114 Å². The van der Waals surface area contributed by atoms with E-state index in [1.807, 2.05) is 35.6 Å². The zero-order chi connectivity index (χ0) is 33.9. The molecular formula is C48H27NO2S. The predicted molar refractivity (Wildman–Crippen MR) is 219 cm³/mol. The number of hydrogen-bond acceptors (Lipinski definition) is 3. The lowest BCUT2D eigenvalue weighted by Gasteiger charge is -2.10. The van der Waals surface area contributed by atoms with Crippen LogP contribution in [0.1, 0.15) is 0 Å². The molecule has 0 N–H and O–H groups in total. The van der Waals surface area contributed by atoms with Crippen molar-refractivity contribution in [2.24, 2.45) is 0 Å². The van der Waals surface area contributed by atoms with E-state index in [2.05, 4.69) is 144 Å². The minimum Gasteiger partial charge on any atom is -0.456 e. The average Bonchev–Trinajstić information content (AvgIpc) is 3.96. The molecule has 0 amide bonds. The Labute approximate surface area is 301 Å². The summed E-state index contributed by atoms with van der Waals surface area (Å²) in [7, 11) is 0. The summed E-state index contributed by atoms with van der Waals surface area (Å²) in [6, 6.07) is 58.9. The molecule has 0 unspecified atom stereocenters. The van der Waals surface area contributed by atoms with E-state index in [0.29, 0.717) is 0 Å². The molecule has 0 radical (unpaired) electrons. The lowest BCUT2D eigenvalue weighted by atomic mass is 9.93. The number of nitrogens with zero attached hydrogens (tertiary/aromatic N) is 1. The van der Waals surface area contributed by atoms with Gasteiger partial charge in [-0.25, -0.2) is 0 Å². The molecule has 0 saturated heterocycles. The van der Waals surface area contributed by atoms with Crippen LogP contribution in [0.2, 0.25) is 0 Å². The molecule has 4 heterocycles. The number of para-hydroxylation sites is 2. The van der Waals surface area contributed by atoms with Crippen LogP contribution >= 0.6 is 11.3 Å². The minimum atomic E-state index is 0.900. The van der Waals surface area contributed by atoms with Gasteiger partial charge in [0.2, 0.25) is 0 Å². The molecule has 0 aliphatic carbocycles. The topological polar surface area (TPSA) is 31.2 Å². The fourth-order valence-electron chi connectivity index (χ4n) is 8.54. The summed E-state index contributed by atoms with van der Waals surface area (Å²) in [5, 5.41) is 9.56. The second-order valence-electron chi connectivity index (χ2n) is 13.6. The maximum absolute atomic E-state index is 6.25. The first kappa shape index (κ1) is 28.1. The summed E-state index contributed by atoms with van der Waals surface area (Å²) in [6.45, 7) is 0. The Balaban J connectivity index is 1.21. The van der Waals surface area contributed by atoms with Gasteiger partial charge in [0.15, 0.2) is 0 Å². The molecule has 0 spiro atoms. The molecule has 242 valence electrons. The van der Waals surface area contributed by atoms with E-state index in [1.165, 1.54) is 58.8 Å². The van der Waals surface area contributed by atoms with Crippen LogP contribution in [0.4, 0.5) is 0 Å². The van der Waals surface area contributed by atoms with Gasteiger partial charge in [0.1, 0.15) is 22.3 Å². The number of thiophene rings is 1. The van der Waals surface area contributed by atoms with Gasteiger partial charge in [0, 0.05) is 47.8 Å². The quantitative estimate of drug-likeness (QED) is 0.186. The van der Waals surface area contributed by atoms with Crippen molar-refractivity contribution < 1.29 is 8.83 Å². The van der Waals surface area contributed by atoms with E-state index in [9.17, 15) is 0 Å². The molecule has 0 atom stereocenters. The number of fused-ring (bicyclic) bond motifs is 12. The number of furan rings is 2. The predicted octanol–water partition coefficient (Wildman–Crippen LogP) is 14.3. The molecule has 8 aromatic carbocycles. The Hall–Kier alpha value is -6.62. The van der Waals surface area contributed by atoms with Gasteiger partial charge in [0.05, 0.1) is 21.4 Å². The van der Waals surface area contributed by atoms with Crippen molar-refractivity contribution in [1.82, 2.24) is 4.57 Å². The maximum Gasteiger partial charge on any atom is 0.135 e. The Morgan fingerprint density at radius 3 is 1.50 bits per heavy atom. The first-order chi connectivity index (χ1) is 25.8. The fourth-order valence-corrected chi connectivity index (χ4v) is 9.75. The van der Waals surface area contributed by atoms with E-state index >= 15 is 0 Å². The maximum atomic E-state index is 6.25. The minimum absolute atomic E-state index is 0.900. The highest BCUT2D eigenvalue weighted by Gasteiger charge is 2.22. The van der Waals surface area contributed by atoms with Crippen LogP contribution in [0, 0.1) is 0 Å².